The van der Waals surface area contributed by atoms with E-state index in [4.69, 9.17) is 9.97 Å². The van der Waals surface area contributed by atoms with Crippen molar-refractivity contribution >= 4 is 27.4 Å². The monoisotopic (exact) mass is 304 g/mol. The molecule has 0 amide bonds. The first-order valence-corrected chi connectivity index (χ1v) is 8.72. The molecule has 4 nitrogen and oxygen atoms in total. The highest BCUT2D eigenvalue weighted by Gasteiger charge is 2.35. The fourth-order valence-corrected chi connectivity index (χ4v) is 4.13. The second kappa shape index (κ2) is 5.89. The topological polar surface area (TPSA) is 41.1 Å². The van der Waals surface area contributed by atoms with Crippen LogP contribution in [0.1, 0.15) is 38.9 Å². The Hall–Kier alpha value is -1.20. The second-order valence-corrected chi connectivity index (χ2v) is 6.94. The van der Waals surface area contributed by atoms with Gasteiger partial charge in [-0.1, -0.05) is 13.8 Å². The molecule has 2 aromatic rings. The molecule has 114 valence electrons. The number of fused-ring (bicyclic) bond motifs is 1. The highest BCUT2D eigenvalue weighted by atomic mass is 32.1. The number of nitrogens with zero attached hydrogens (tertiary/aromatic N) is 3. The number of hydrogen-bond acceptors (Lipinski definition) is 5. The number of anilines is 1. The fraction of sp³-hybridized carbons (Fsp3) is 0.625. The van der Waals surface area contributed by atoms with Crippen LogP contribution in [0.4, 0.5) is 5.82 Å². The number of thiophene rings is 1. The lowest BCUT2D eigenvalue weighted by Crippen LogP contribution is -2.26. The Balaban J connectivity index is 1.79. The van der Waals surface area contributed by atoms with Gasteiger partial charge in [0.1, 0.15) is 16.5 Å². The quantitative estimate of drug-likeness (QED) is 0.913. The number of hydrogen-bond donors (Lipinski definition) is 1. The smallest absolute Gasteiger partial charge is 0.146 e. The summed E-state index contributed by atoms with van der Waals surface area (Å²) >= 11 is 1.69. The van der Waals surface area contributed by atoms with Crippen LogP contribution in [0.25, 0.3) is 10.2 Å². The predicted octanol–water partition coefficient (Wildman–Crippen LogP) is 3.75. The van der Waals surface area contributed by atoms with Crippen LogP contribution in [-0.2, 0) is 6.54 Å². The van der Waals surface area contributed by atoms with E-state index in [0.29, 0.717) is 5.41 Å². The lowest BCUT2D eigenvalue weighted by molar-refractivity contribution is 0.233. The standard InChI is InChI=1S/C16H24N4S/c1-4-16(5-2)7-8-20(11-16)10-13-18-14(17-3)12-6-9-21-15(12)19-13/h6,9H,4-5,7-8,10-11H2,1-3H3,(H,17,18,19). The molecule has 1 aliphatic heterocycles. The molecule has 2 aromatic heterocycles. The molecule has 1 saturated heterocycles. The van der Waals surface area contributed by atoms with Gasteiger partial charge < -0.3 is 5.32 Å². The maximum atomic E-state index is 4.73. The van der Waals surface area contributed by atoms with E-state index in [1.807, 2.05) is 7.05 Å². The lowest BCUT2D eigenvalue weighted by atomic mass is 9.82. The van der Waals surface area contributed by atoms with Gasteiger partial charge in [-0.25, -0.2) is 9.97 Å². The van der Waals surface area contributed by atoms with Crippen LogP contribution in [0.15, 0.2) is 11.4 Å². The molecule has 0 atom stereocenters. The van der Waals surface area contributed by atoms with Crippen molar-refractivity contribution in [3.05, 3.63) is 17.3 Å². The molecule has 0 radical (unpaired) electrons. The number of rotatable bonds is 5. The minimum Gasteiger partial charge on any atom is -0.372 e. The first kappa shape index (κ1) is 14.7. The third-order valence-electron chi connectivity index (χ3n) is 4.99. The third-order valence-corrected chi connectivity index (χ3v) is 5.80. The Morgan fingerprint density at radius 1 is 1.33 bits per heavy atom. The summed E-state index contributed by atoms with van der Waals surface area (Å²) < 4.78 is 0. The first-order chi connectivity index (χ1) is 10.2. The van der Waals surface area contributed by atoms with Crippen LogP contribution in [0, 0.1) is 5.41 Å². The van der Waals surface area contributed by atoms with Crippen LogP contribution in [0.3, 0.4) is 0 Å². The average Bonchev–Trinajstić information content (AvgIpc) is 3.13. The number of aromatic nitrogens is 2. The average molecular weight is 304 g/mol. The van der Waals surface area contributed by atoms with Crippen molar-refractivity contribution in [3.63, 3.8) is 0 Å². The van der Waals surface area contributed by atoms with E-state index < -0.39 is 0 Å². The molecule has 1 fully saturated rings. The van der Waals surface area contributed by atoms with Crippen molar-refractivity contribution in [2.24, 2.45) is 5.41 Å². The molecule has 0 bridgehead atoms. The van der Waals surface area contributed by atoms with Crippen LogP contribution in [-0.4, -0.2) is 35.0 Å². The highest BCUT2D eigenvalue weighted by molar-refractivity contribution is 7.16. The van der Waals surface area contributed by atoms with E-state index >= 15 is 0 Å². The Morgan fingerprint density at radius 2 is 2.14 bits per heavy atom. The first-order valence-electron chi connectivity index (χ1n) is 7.84. The minimum atomic E-state index is 0.513. The van der Waals surface area contributed by atoms with Crippen LogP contribution >= 0.6 is 11.3 Å². The van der Waals surface area contributed by atoms with Crippen molar-refractivity contribution in [1.82, 2.24) is 14.9 Å². The van der Waals surface area contributed by atoms with Crippen LogP contribution < -0.4 is 5.32 Å². The Labute approximate surface area is 130 Å². The summed E-state index contributed by atoms with van der Waals surface area (Å²) in [5.74, 6) is 1.89. The minimum absolute atomic E-state index is 0.513. The summed E-state index contributed by atoms with van der Waals surface area (Å²) in [6, 6.07) is 2.09. The van der Waals surface area contributed by atoms with Crippen molar-refractivity contribution < 1.29 is 0 Å². The zero-order chi connectivity index (χ0) is 14.9. The van der Waals surface area contributed by atoms with E-state index in [2.05, 4.69) is 35.5 Å². The zero-order valence-electron chi connectivity index (χ0n) is 13.1. The molecule has 0 aliphatic carbocycles. The maximum Gasteiger partial charge on any atom is 0.146 e. The maximum absolute atomic E-state index is 4.73. The molecule has 1 N–H and O–H groups in total. The fourth-order valence-electron chi connectivity index (χ4n) is 3.35. The van der Waals surface area contributed by atoms with E-state index in [1.54, 1.807) is 11.3 Å². The Bertz CT molecular complexity index is 618. The number of nitrogens with one attached hydrogen (secondary N) is 1. The van der Waals surface area contributed by atoms with Gasteiger partial charge in [0, 0.05) is 13.6 Å². The Morgan fingerprint density at radius 3 is 2.81 bits per heavy atom. The summed E-state index contributed by atoms with van der Waals surface area (Å²) in [7, 11) is 1.93. The predicted molar refractivity (Wildman–Crippen MR) is 89.9 cm³/mol. The van der Waals surface area contributed by atoms with Crippen molar-refractivity contribution in [3.8, 4) is 0 Å². The van der Waals surface area contributed by atoms with E-state index in [1.165, 1.54) is 32.4 Å². The molecule has 21 heavy (non-hydrogen) atoms. The third kappa shape index (κ3) is 2.77. The molecule has 0 aromatic carbocycles. The summed E-state index contributed by atoms with van der Waals surface area (Å²) in [5.41, 5.74) is 0.513. The molecule has 0 spiro atoms. The summed E-state index contributed by atoms with van der Waals surface area (Å²) in [4.78, 5) is 13.0. The second-order valence-electron chi connectivity index (χ2n) is 6.05. The summed E-state index contributed by atoms with van der Waals surface area (Å²) in [6.07, 6.45) is 3.85. The van der Waals surface area contributed by atoms with Gasteiger partial charge in [-0.3, -0.25) is 4.90 Å². The van der Waals surface area contributed by atoms with Gasteiger partial charge in [0.15, 0.2) is 0 Å². The molecule has 0 saturated carbocycles. The largest absolute Gasteiger partial charge is 0.372 e. The summed E-state index contributed by atoms with van der Waals surface area (Å²) in [6.45, 7) is 7.86. The molecular weight excluding hydrogens is 280 g/mol. The highest BCUT2D eigenvalue weighted by Crippen LogP contribution is 2.37. The van der Waals surface area contributed by atoms with Gasteiger partial charge in [-0.2, -0.15) is 0 Å². The van der Waals surface area contributed by atoms with Crippen molar-refractivity contribution in [1.29, 1.82) is 0 Å². The van der Waals surface area contributed by atoms with Gasteiger partial charge in [0.25, 0.3) is 0 Å². The van der Waals surface area contributed by atoms with E-state index in [-0.39, 0.29) is 0 Å². The molecule has 5 heteroatoms. The lowest BCUT2D eigenvalue weighted by Gasteiger charge is -2.26. The van der Waals surface area contributed by atoms with Gasteiger partial charge >= 0.3 is 0 Å². The SMILES string of the molecule is CCC1(CC)CCN(Cc2nc(NC)c3ccsc3n2)C1. The molecule has 0 unspecified atom stereocenters. The zero-order valence-corrected chi connectivity index (χ0v) is 14.0. The van der Waals surface area contributed by atoms with Crippen LogP contribution in [0.5, 0.6) is 0 Å². The van der Waals surface area contributed by atoms with E-state index in [0.717, 1.165) is 28.4 Å². The summed E-state index contributed by atoms with van der Waals surface area (Å²) in [5, 5.41) is 6.41. The number of likely N-dealkylation sites (tertiary alicyclic amines) is 1. The van der Waals surface area contributed by atoms with Gasteiger partial charge in [-0.15, -0.1) is 11.3 Å². The van der Waals surface area contributed by atoms with Gasteiger partial charge in [0.05, 0.1) is 11.9 Å². The van der Waals surface area contributed by atoms with Crippen molar-refractivity contribution in [2.75, 3.05) is 25.5 Å². The van der Waals surface area contributed by atoms with Gasteiger partial charge in [-0.05, 0) is 42.7 Å². The normalized spacial score (nSPS) is 18.4. The van der Waals surface area contributed by atoms with E-state index in [9.17, 15) is 0 Å². The molecule has 1 aliphatic rings. The van der Waals surface area contributed by atoms with Crippen LogP contribution in [0.2, 0.25) is 0 Å². The van der Waals surface area contributed by atoms with Crippen molar-refractivity contribution in [2.45, 2.75) is 39.7 Å². The molecule has 3 rings (SSSR count). The molecular formula is C16H24N4S. The molecule has 3 heterocycles. The Kier molecular flexibility index (Phi) is 4.13. The van der Waals surface area contributed by atoms with Gasteiger partial charge in [0.2, 0.25) is 0 Å².